The molecule has 2 heterocycles. The molecular formula is C25H31N5. The Morgan fingerprint density at radius 2 is 1.50 bits per heavy atom. The lowest BCUT2D eigenvalue weighted by atomic mass is 9.88. The number of hydrogen-bond acceptors (Lipinski definition) is 3. The quantitative estimate of drug-likeness (QED) is 0.457. The average molecular weight is 402 g/mol. The van der Waals surface area contributed by atoms with Gasteiger partial charge in [-0.05, 0) is 72.9 Å². The summed E-state index contributed by atoms with van der Waals surface area (Å²) in [7, 11) is 4.02. The van der Waals surface area contributed by atoms with Gasteiger partial charge in [0.25, 0.3) is 0 Å². The molecule has 0 spiro atoms. The predicted molar refractivity (Wildman–Crippen MR) is 124 cm³/mol. The Kier molecular flexibility index (Phi) is 4.57. The molecule has 5 nitrogen and oxygen atoms in total. The lowest BCUT2D eigenvalue weighted by Gasteiger charge is -2.17. The van der Waals surface area contributed by atoms with Crippen molar-refractivity contribution in [1.82, 2.24) is 19.6 Å². The standard InChI is InChI=1S/C25H31N5/c1-15(18-10-12-22-21(13-18)24(17-7-8-17)27-29(22)3)5-6-16(2)19-9-11-20-23(14-19)30(4)28-25(20)26/h9-17H,5-8H2,1-4H3,(H2,26,28). The summed E-state index contributed by atoms with van der Waals surface area (Å²) in [4.78, 5) is 0. The smallest absolute Gasteiger partial charge is 0.153 e. The van der Waals surface area contributed by atoms with Crippen LogP contribution in [0.2, 0.25) is 0 Å². The molecular weight excluding hydrogens is 370 g/mol. The van der Waals surface area contributed by atoms with Crippen molar-refractivity contribution in [2.24, 2.45) is 14.1 Å². The molecule has 1 saturated carbocycles. The fraction of sp³-hybridized carbons (Fsp3) is 0.440. The van der Waals surface area contributed by atoms with E-state index in [4.69, 9.17) is 10.8 Å². The molecule has 156 valence electrons. The van der Waals surface area contributed by atoms with Crippen molar-refractivity contribution in [1.29, 1.82) is 0 Å². The highest BCUT2D eigenvalue weighted by Crippen LogP contribution is 2.43. The highest BCUT2D eigenvalue weighted by molar-refractivity contribution is 5.89. The zero-order valence-corrected chi connectivity index (χ0v) is 18.4. The first-order chi connectivity index (χ1) is 14.4. The van der Waals surface area contributed by atoms with Crippen molar-refractivity contribution in [2.75, 3.05) is 5.73 Å². The minimum absolute atomic E-state index is 0.497. The molecule has 4 aromatic rings. The third-order valence-electron chi connectivity index (χ3n) is 6.94. The maximum absolute atomic E-state index is 6.00. The van der Waals surface area contributed by atoms with Crippen molar-refractivity contribution < 1.29 is 0 Å². The van der Waals surface area contributed by atoms with Gasteiger partial charge in [0, 0.05) is 30.8 Å². The number of benzene rings is 2. The Bertz CT molecular complexity index is 1230. The predicted octanol–water partition coefficient (Wildman–Crippen LogP) is 5.61. The molecule has 1 fully saturated rings. The second-order valence-electron chi connectivity index (χ2n) is 9.22. The third kappa shape index (κ3) is 3.26. The average Bonchev–Trinajstić information content (AvgIpc) is 3.48. The van der Waals surface area contributed by atoms with E-state index in [1.54, 1.807) is 0 Å². The first-order valence-electron chi connectivity index (χ1n) is 11.1. The van der Waals surface area contributed by atoms with Gasteiger partial charge < -0.3 is 5.73 Å². The number of nitrogen functional groups attached to an aromatic ring is 1. The SMILES string of the molecule is CC(CCC(C)c1ccc2c(N)nn(C)c2c1)c1ccc2c(c1)c(C1CC1)nn2C. The number of anilines is 1. The van der Waals surface area contributed by atoms with E-state index in [9.17, 15) is 0 Å². The van der Waals surface area contributed by atoms with E-state index in [0.717, 1.165) is 23.7 Å². The zero-order valence-electron chi connectivity index (χ0n) is 18.4. The molecule has 30 heavy (non-hydrogen) atoms. The van der Waals surface area contributed by atoms with Gasteiger partial charge in [-0.3, -0.25) is 9.36 Å². The molecule has 0 saturated heterocycles. The molecule has 1 aliphatic rings. The number of aryl methyl sites for hydroxylation is 2. The number of hydrogen-bond donors (Lipinski definition) is 1. The van der Waals surface area contributed by atoms with Crippen LogP contribution < -0.4 is 5.73 Å². The van der Waals surface area contributed by atoms with Gasteiger partial charge in [-0.15, -0.1) is 0 Å². The molecule has 2 aromatic heterocycles. The highest BCUT2D eigenvalue weighted by Gasteiger charge is 2.29. The summed E-state index contributed by atoms with van der Waals surface area (Å²) < 4.78 is 3.92. The van der Waals surface area contributed by atoms with E-state index in [1.807, 2.05) is 16.4 Å². The second kappa shape index (κ2) is 7.15. The summed E-state index contributed by atoms with van der Waals surface area (Å²) in [5.41, 5.74) is 12.5. The minimum atomic E-state index is 0.497. The van der Waals surface area contributed by atoms with Crippen molar-refractivity contribution >= 4 is 27.6 Å². The van der Waals surface area contributed by atoms with Gasteiger partial charge >= 0.3 is 0 Å². The highest BCUT2D eigenvalue weighted by atomic mass is 15.3. The second-order valence-corrected chi connectivity index (χ2v) is 9.22. The fourth-order valence-electron chi connectivity index (χ4n) is 4.72. The van der Waals surface area contributed by atoms with Crippen LogP contribution in [0, 0.1) is 0 Å². The van der Waals surface area contributed by atoms with Crippen molar-refractivity contribution in [3.05, 3.63) is 53.2 Å². The van der Waals surface area contributed by atoms with Crippen LogP contribution >= 0.6 is 0 Å². The van der Waals surface area contributed by atoms with E-state index < -0.39 is 0 Å². The summed E-state index contributed by atoms with van der Waals surface area (Å²) in [5, 5.41) is 11.5. The Morgan fingerprint density at radius 3 is 2.20 bits per heavy atom. The molecule has 2 unspecified atom stereocenters. The van der Waals surface area contributed by atoms with E-state index in [-0.39, 0.29) is 0 Å². The summed E-state index contributed by atoms with van der Waals surface area (Å²) in [6.07, 6.45) is 4.89. The first-order valence-corrected chi connectivity index (χ1v) is 11.1. The van der Waals surface area contributed by atoms with Crippen LogP contribution in [-0.4, -0.2) is 19.6 Å². The monoisotopic (exact) mass is 401 g/mol. The fourth-order valence-corrected chi connectivity index (χ4v) is 4.72. The molecule has 1 aliphatic carbocycles. The van der Waals surface area contributed by atoms with Gasteiger partial charge in [0.2, 0.25) is 0 Å². The Morgan fingerprint density at radius 1 is 0.867 bits per heavy atom. The molecule has 0 aliphatic heterocycles. The molecule has 0 bridgehead atoms. The normalized spacial score (nSPS) is 16.4. The summed E-state index contributed by atoms with van der Waals surface area (Å²) in [6.45, 7) is 4.68. The summed E-state index contributed by atoms with van der Waals surface area (Å²) in [5.74, 6) is 2.31. The van der Waals surface area contributed by atoms with Crippen LogP contribution in [0.4, 0.5) is 5.82 Å². The van der Waals surface area contributed by atoms with E-state index in [2.05, 4.69) is 62.4 Å². The van der Waals surface area contributed by atoms with Crippen LogP contribution in [-0.2, 0) is 14.1 Å². The Hall–Kier alpha value is -2.82. The van der Waals surface area contributed by atoms with Gasteiger partial charge in [0.1, 0.15) is 0 Å². The molecule has 0 amide bonds. The molecule has 0 radical (unpaired) electrons. The van der Waals surface area contributed by atoms with Gasteiger partial charge in [-0.1, -0.05) is 26.0 Å². The zero-order chi connectivity index (χ0) is 21.0. The lowest BCUT2D eigenvalue weighted by Crippen LogP contribution is -2.00. The lowest BCUT2D eigenvalue weighted by molar-refractivity contribution is 0.574. The maximum atomic E-state index is 6.00. The van der Waals surface area contributed by atoms with E-state index in [0.29, 0.717) is 23.6 Å². The Labute approximate surface area is 177 Å². The van der Waals surface area contributed by atoms with Crippen LogP contribution in [0.1, 0.15) is 74.1 Å². The van der Waals surface area contributed by atoms with E-state index >= 15 is 0 Å². The van der Waals surface area contributed by atoms with Crippen molar-refractivity contribution in [2.45, 2.75) is 57.3 Å². The number of nitrogens with two attached hydrogens (primary N) is 1. The van der Waals surface area contributed by atoms with Gasteiger partial charge in [0.05, 0.1) is 16.7 Å². The number of aromatic nitrogens is 4. The minimum Gasteiger partial charge on any atom is -0.382 e. The van der Waals surface area contributed by atoms with Crippen molar-refractivity contribution in [3.8, 4) is 0 Å². The third-order valence-corrected chi connectivity index (χ3v) is 6.94. The summed E-state index contributed by atoms with van der Waals surface area (Å²) in [6, 6.07) is 13.5. The van der Waals surface area contributed by atoms with Crippen LogP contribution in [0.3, 0.4) is 0 Å². The number of fused-ring (bicyclic) bond motifs is 2. The molecule has 2 aromatic carbocycles. The molecule has 2 atom stereocenters. The topological polar surface area (TPSA) is 61.7 Å². The van der Waals surface area contributed by atoms with E-state index in [1.165, 1.54) is 40.6 Å². The maximum Gasteiger partial charge on any atom is 0.153 e. The van der Waals surface area contributed by atoms with Gasteiger partial charge in [-0.2, -0.15) is 10.2 Å². The number of rotatable bonds is 6. The van der Waals surface area contributed by atoms with Crippen molar-refractivity contribution in [3.63, 3.8) is 0 Å². The van der Waals surface area contributed by atoms with Crippen LogP contribution in [0.5, 0.6) is 0 Å². The van der Waals surface area contributed by atoms with Crippen LogP contribution in [0.15, 0.2) is 36.4 Å². The molecule has 2 N–H and O–H groups in total. The number of nitrogens with zero attached hydrogens (tertiary/aromatic N) is 4. The largest absolute Gasteiger partial charge is 0.382 e. The molecule has 5 rings (SSSR count). The molecule has 5 heteroatoms. The Balaban J connectivity index is 1.32. The van der Waals surface area contributed by atoms with Gasteiger partial charge in [-0.25, -0.2) is 0 Å². The van der Waals surface area contributed by atoms with Crippen LogP contribution in [0.25, 0.3) is 21.8 Å². The summed E-state index contributed by atoms with van der Waals surface area (Å²) >= 11 is 0. The first kappa shape index (κ1) is 19.2. The van der Waals surface area contributed by atoms with Gasteiger partial charge in [0.15, 0.2) is 5.82 Å².